The molecule has 0 fully saturated rings. The highest BCUT2D eigenvalue weighted by Crippen LogP contribution is 2.16. The predicted molar refractivity (Wildman–Crippen MR) is 314 cm³/mol. The van der Waals surface area contributed by atoms with Gasteiger partial charge in [-0.2, -0.15) is 5.26 Å². The zero-order valence-corrected chi connectivity index (χ0v) is 47.6. The molecule has 0 atom stereocenters. The number of alkyl halides is 1. The lowest BCUT2D eigenvalue weighted by atomic mass is 10.1. The summed E-state index contributed by atoms with van der Waals surface area (Å²) >= 11 is 3.06. The van der Waals surface area contributed by atoms with Gasteiger partial charge in [-0.25, -0.2) is 0 Å². The number of rotatable bonds is 24. The first kappa shape index (κ1) is 63.9. The first-order valence-electron chi connectivity index (χ1n) is 25.9. The number of carbonyl (C=O) groups is 4. The highest BCUT2D eigenvalue weighted by molar-refractivity contribution is 9.09. The number of amides is 2. The number of nitriles is 1. The maximum Gasteiger partial charge on any atom is 0.309 e. The second-order valence-electron chi connectivity index (χ2n) is 17.9. The van der Waals surface area contributed by atoms with E-state index in [1.54, 1.807) is 79.4 Å². The molecule has 0 aliphatic carbocycles. The molecule has 82 heavy (non-hydrogen) atoms. The van der Waals surface area contributed by atoms with Gasteiger partial charge in [0, 0.05) is 94.7 Å². The van der Waals surface area contributed by atoms with Crippen LogP contribution >= 0.6 is 15.9 Å². The van der Waals surface area contributed by atoms with Crippen LogP contribution in [0.2, 0.25) is 0 Å². The Labute approximate surface area is 486 Å². The number of aliphatic hydroxyl groups is 1. The van der Waals surface area contributed by atoms with Gasteiger partial charge in [0.25, 0.3) is 0 Å². The van der Waals surface area contributed by atoms with Gasteiger partial charge in [-0.05, 0) is 107 Å². The van der Waals surface area contributed by atoms with Crippen molar-refractivity contribution in [3.05, 3.63) is 239 Å². The van der Waals surface area contributed by atoms with Gasteiger partial charge in [0.2, 0.25) is 11.8 Å². The van der Waals surface area contributed by atoms with Crippen molar-refractivity contribution in [3.8, 4) is 6.07 Å². The fraction of sp³-hybridized carbons (Fsp3) is 0.242. The summed E-state index contributed by atoms with van der Waals surface area (Å²) in [6.07, 6.45) is 11.1. The molecule has 19 nitrogen and oxygen atoms in total. The van der Waals surface area contributed by atoms with E-state index in [9.17, 15) is 19.2 Å². The summed E-state index contributed by atoms with van der Waals surface area (Å²) in [5, 5.41) is 22.2. The van der Waals surface area contributed by atoms with Crippen LogP contribution in [0, 0.1) is 11.3 Å². The van der Waals surface area contributed by atoms with E-state index in [1.165, 1.54) is 21.1 Å². The van der Waals surface area contributed by atoms with E-state index in [0.29, 0.717) is 37.6 Å². The number of halogens is 1. The molecule has 0 radical (unpaired) electrons. The SMILES string of the molecule is CC#N.COC(=O)Cc1ccc(NC(=O)CBr)cc1.COC(=O)Cc1ccc(NC(=O)COCc2ccc(CN(Cc3ccccn3)Cc3ccccn3)nc2)cc1.OCc1ccc(CN(Cc2ccccn2)Cc2ccccn2)nc1. The molecule has 3 N–H and O–H groups in total. The van der Waals surface area contributed by atoms with E-state index in [4.69, 9.17) is 15.1 Å². The summed E-state index contributed by atoms with van der Waals surface area (Å²) in [6.45, 7) is 5.74. The average Bonchev–Trinajstić information content (AvgIpc) is 3.50. The molecule has 0 aliphatic rings. The summed E-state index contributed by atoms with van der Waals surface area (Å²) in [4.78, 5) is 76.9. The summed E-state index contributed by atoms with van der Waals surface area (Å²) in [7, 11) is 2.71. The molecule has 8 aromatic rings. The summed E-state index contributed by atoms with van der Waals surface area (Å²) in [6, 6.07) is 47.3. The molecule has 424 valence electrons. The van der Waals surface area contributed by atoms with Crippen LogP contribution in [0.1, 0.15) is 63.3 Å². The van der Waals surface area contributed by atoms with Gasteiger partial charge in [0.05, 0.1) is 85.8 Å². The smallest absolute Gasteiger partial charge is 0.309 e. The number of hydrogen-bond acceptors (Lipinski definition) is 17. The second-order valence-corrected chi connectivity index (χ2v) is 18.5. The Morgan fingerprint density at radius 3 is 1.15 bits per heavy atom. The number of nitrogens with one attached hydrogen (secondary N) is 2. The van der Waals surface area contributed by atoms with Crippen LogP contribution in [0.3, 0.4) is 0 Å². The standard InChI is InChI=1S/C30H31N5O4.C19H20N4O.C11H12BrNO3.C2H3N/c1-38-30(37)16-23-8-11-25(12-9-23)34-29(36)22-39-21-24-10-13-28(33-17-24)20-35(18-26-6-2-4-14-31-26)19-27-7-3-5-15-32-27;24-15-16-7-8-19(22-11-16)14-23(12-17-5-1-3-9-20-17)13-18-6-2-4-10-21-18;1-16-11(15)6-8-2-4-9(5-3-8)13-10(14)7-12;1-2-3/h2-15,17H,16,18-22H2,1H3,(H,34,36);1-11,24H,12-15H2;2-5H,6-7H2,1H3,(H,13,14);1H3. The molecule has 6 heterocycles. The van der Waals surface area contributed by atoms with Gasteiger partial charge in [-0.15, -0.1) is 0 Å². The zero-order chi connectivity index (χ0) is 58.6. The third-order valence-electron chi connectivity index (χ3n) is 11.4. The minimum atomic E-state index is -0.311. The zero-order valence-electron chi connectivity index (χ0n) is 46.0. The minimum absolute atomic E-state index is 0.0128. The number of hydrogen-bond donors (Lipinski definition) is 3. The normalized spacial score (nSPS) is 10.3. The number of methoxy groups -OCH3 is 2. The third-order valence-corrected chi connectivity index (χ3v) is 11.9. The quantitative estimate of drug-likeness (QED) is 0.0378. The maximum absolute atomic E-state index is 12.2. The van der Waals surface area contributed by atoms with E-state index in [2.05, 4.69) is 75.7 Å². The number of carbonyl (C=O) groups excluding carboxylic acids is 4. The first-order valence-corrected chi connectivity index (χ1v) is 27.0. The molecule has 0 bridgehead atoms. The van der Waals surface area contributed by atoms with E-state index in [-0.39, 0.29) is 61.7 Å². The van der Waals surface area contributed by atoms with Crippen molar-refractivity contribution in [1.29, 1.82) is 5.26 Å². The van der Waals surface area contributed by atoms with Crippen molar-refractivity contribution >= 4 is 51.1 Å². The van der Waals surface area contributed by atoms with E-state index >= 15 is 0 Å². The highest BCUT2D eigenvalue weighted by atomic mass is 79.9. The van der Waals surface area contributed by atoms with Crippen LogP contribution in [0.25, 0.3) is 0 Å². The van der Waals surface area contributed by atoms with Crippen LogP contribution < -0.4 is 10.6 Å². The average molecular weight is 1170 g/mol. The van der Waals surface area contributed by atoms with Crippen molar-refractivity contribution in [2.24, 2.45) is 0 Å². The number of pyridine rings is 6. The highest BCUT2D eigenvalue weighted by Gasteiger charge is 2.14. The fourth-order valence-corrected chi connectivity index (χ4v) is 7.64. The van der Waals surface area contributed by atoms with Crippen LogP contribution in [0.4, 0.5) is 11.4 Å². The van der Waals surface area contributed by atoms with Crippen molar-refractivity contribution in [1.82, 2.24) is 39.7 Å². The molecule has 20 heteroatoms. The Hall–Kier alpha value is -8.97. The molecule has 0 saturated heterocycles. The van der Waals surface area contributed by atoms with Gasteiger partial charge in [0.1, 0.15) is 6.61 Å². The van der Waals surface area contributed by atoms with Gasteiger partial charge in [-0.1, -0.05) is 76.6 Å². The molecule has 0 saturated carbocycles. The molecule has 6 aromatic heterocycles. The molecular weight excluding hydrogens is 1110 g/mol. The number of ether oxygens (including phenoxy) is 3. The molecular formula is C62H66BrN11O8. The summed E-state index contributed by atoms with van der Waals surface area (Å²) in [5.41, 5.74) is 10.6. The van der Waals surface area contributed by atoms with Crippen molar-refractivity contribution in [2.75, 3.05) is 36.8 Å². The summed E-state index contributed by atoms with van der Waals surface area (Å²) in [5.74, 6) is -0.966. The maximum atomic E-state index is 12.2. The molecule has 2 amide bonds. The number of esters is 2. The lowest BCUT2D eigenvalue weighted by Crippen LogP contribution is -2.24. The molecule has 0 aliphatic heterocycles. The first-order chi connectivity index (χ1) is 40.0. The van der Waals surface area contributed by atoms with Crippen molar-refractivity contribution < 1.29 is 38.5 Å². The number of benzene rings is 2. The van der Waals surface area contributed by atoms with Gasteiger partial charge >= 0.3 is 11.9 Å². The number of nitrogens with zero attached hydrogens (tertiary/aromatic N) is 9. The Kier molecular flexibility index (Phi) is 28.9. The minimum Gasteiger partial charge on any atom is -0.469 e. The lowest BCUT2D eigenvalue weighted by molar-refractivity contribution is -0.140. The van der Waals surface area contributed by atoms with Crippen LogP contribution in [0.15, 0.2) is 183 Å². The fourth-order valence-electron chi connectivity index (χ4n) is 7.50. The Morgan fingerprint density at radius 2 is 0.841 bits per heavy atom. The van der Waals surface area contributed by atoms with E-state index in [1.807, 2.05) is 109 Å². The Balaban J connectivity index is 0.000000243. The van der Waals surface area contributed by atoms with Crippen molar-refractivity contribution in [3.63, 3.8) is 0 Å². The topological polar surface area (TPSA) is 248 Å². The van der Waals surface area contributed by atoms with Gasteiger partial charge in [0.15, 0.2) is 0 Å². The molecule has 8 rings (SSSR count). The molecule has 0 unspecified atom stereocenters. The van der Waals surface area contributed by atoms with E-state index < -0.39 is 0 Å². The Bertz CT molecular complexity index is 3030. The van der Waals surface area contributed by atoms with Crippen LogP contribution in [-0.2, 0) is 98.7 Å². The number of anilines is 2. The van der Waals surface area contributed by atoms with Gasteiger partial charge < -0.3 is 30.0 Å². The number of aliphatic hydroxyl groups excluding tert-OH is 1. The van der Waals surface area contributed by atoms with E-state index in [0.717, 1.165) is 69.5 Å². The molecule has 2 aromatic carbocycles. The van der Waals surface area contributed by atoms with Crippen molar-refractivity contribution in [2.45, 2.75) is 72.2 Å². The monoisotopic (exact) mass is 1170 g/mol. The van der Waals surface area contributed by atoms with Crippen LogP contribution in [0.5, 0.6) is 0 Å². The largest absolute Gasteiger partial charge is 0.469 e. The van der Waals surface area contributed by atoms with Gasteiger partial charge in [-0.3, -0.25) is 58.9 Å². The second kappa shape index (κ2) is 37.1. The molecule has 0 spiro atoms. The third kappa shape index (κ3) is 25.4. The van der Waals surface area contributed by atoms with Crippen LogP contribution in [-0.4, -0.2) is 94.7 Å². The predicted octanol–water partition coefficient (Wildman–Crippen LogP) is 8.78. The number of aromatic nitrogens is 6. The lowest BCUT2D eigenvalue weighted by Gasteiger charge is -2.21. The Morgan fingerprint density at radius 1 is 0.500 bits per heavy atom. The summed E-state index contributed by atoms with van der Waals surface area (Å²) < 4.78 is 14.8.